The number of halogens is 1. The maximum absolute atomic E-state index is 10.9. The highest BCUT2D eigenvalue weighted by molar-refractivity contribution is 7.87. The van der Waals surface area contributed by atoms with Crippen LogP contribution in [0.25, 0.3) is 0 Å². The van der Waals surface area contributed by atoms with Gasteiger partial charge in [-0.1, -0.05) is 29.8 Å². The van der Waals surface area contributed by atoms with Crippen LogP contribution in [-0.4, -0.2) is 18.2 Å². The average molecular weight is 249 g/mol. The van der Waals surface area contributed by atoms with Crippen molar-refractivity contribution >= 4 is 27.0 Å². The Labute approximate surface area is 92.6 Å². The predicted octanol–water partition coefficient (Wildman–Crippen LogP) is 1.69. The number of aryl methyl sites for hydroxylation is 1. The van der Waals surface area contributed by atoms with Crippen molar-refractivity contribution in [1.29, 1.82) is 0 Å². The molecule has 0 aliphatic carbocycles. The van der Waals surface area contributed by atoms with E-state index in [0.717, 1.165) is 5.56 Å². The van der Waals surface area contributed by atoms with Crippen molar-refractivity contribution in [1.82, 2.24) is 0 Å². The first-order valence-electron chi connectivity index (χ1n) is 4.04. The van der Waals surface area contributed by atoms with Gasteiger partial charge >= 0.3 is 0 Å². The molecule has 0 radical (unpaired) electrons. The molecular weight excluding hydrogens is 240 g/mol. The number of hydrogen-bond donors (Lipinski definition) is 1. The van der Waals surface area contributed by atoms with E-state index in [4.69, 9.17) is 16.2 Å². The van der Waals surface area contributed by atoms with Gasteiger partial charge in [0.05, 0.1) is 0 Å². The molecule has 0 saturated heterocycles. The summed E-state index contributed by atoms with van der Waals surface area (Å²) in [5.41, 5.74) is 1.07. The topological polar surface area (TPSA) is 71.4 Å². The number of carbonyl (C=O) groups excluding carboxylic acids is 1. The molecule has 1 aromatic carbocycles. The number of carbonyl (C=O) groups is 1. The van der Waals surface area contributed by atoms with Gasteiger partial charge in [-0.25, -0.2) is 0 Å². The zero-order chi connectivity index (χ0) is 11.6. The molecule has 0 aromatic heterocycles. The van der Waals surface area contributed by atoms with Crippen molar-refractivity contribution in [3.05, 3.63) is 35.4 Å². The van der Waals surface area contributed by atoms with Gasteiger partial charge in [0, 0.05) is 0 Å². The van der Waals surface area contributed by atoms with Gasteiger partial charge in [-0.3, -0.25) is 9.35 Å². The molecule has 0 aliphatic heterocycles. The van der Waals surface area contributed by atoms with E-state index in [-0.39, 0.29) is 5.56 Å². The number of hydrogen-bond acceptors (Lipinski definition) is 3. The lowest BCUT2D eigenvalue weighted by Gasteiger charge is -2.09. The fourth-order valence-corrected chi connectivity index (χ4v) is 2.36. The Bertz CT molecular complexity index is 463. The second-order valence-electron chi connectivity index (χ2n) is 3.11. The molecule has 0 aliphatic rings. The van der Waals surface area contributed by atoms with Gasteiger partial charge in [0.2, 0.25) is 5.24 Å². The second-order valence-corrected chi connectivity index (χ2v) is 4.98. The van der Waals surface area contributed by atoms with Crippen molar-refractivity contribution in [3.63, 3.8) is 0 Å². The summed E-state index contributed by atoms with van der Waals surface area (Å²) in [6, 6.07) is 6.14. The van der Waals surface area contributed by atoms with Gasteiger partial charge in [0.15, 0.2) is 5.25 Å². The first-order valence-corrected chi connectivity index (χ1v) is 5.92. The average Bonchev–Trinajstić information content (AvgIpc) is 2.05. The minimum Gasteiger partial charge on any atom is -0.285 e. The summed E-state index contributed by atoms with van der Waals surface area (Å²) in [5.74, 6) is 0. The van der Waals surface area contributed by atoms with Crippen LogP contribution in [0.3, 0.4) is 0 Å². The van der Waals surface area contributed by atoms with Crippen LogP contribution in [0.2, 0.25) is 0 Å². The van der Waals surface area contributed by atoms with Crippen LogP contribution in [0.5, 0.6) is 0 Å². The molecule has 4 nitrogen and oxygen atoms in total. The molecule has 1 aromatic rings. The first-order chi connectivity index (χ1) is 6.82. The molecule has 1 N–H and O–H groups in total. The lowest BCUT2D eigenvalue weighted by molar-refractivity contribution is -0.111. The lowest BCUT2D eigenvalue weighted by Crippen LogP contribution is -2.17. The van der Waals surface area contributed by atoms with Crippen LogP contribution >= 0.6 is 11.6 Å². The lowest BCUT2D eigenvalue weighted by atomic mass is 10.1. The smallest absolute Gasteiger partial charge is 0.280 e. The van der Waals surface area contributed by atoms with Crippen LogP contribution in [0.1, 0.15) is 16.4 Å². The maximum atomic E-state index is 10.9. The molecule has 0 spiro atoms. The highest BCUT2D eigenvalue weighted by Crippen LogP contribution is 2.24. The minimum atomic E-state index is -4.51. The molecule has 82 valence electrons. The quantitative estimate of drug-likeness (QED) is 0.653. The standard InChI is InChI=1S/C9H9ClO4S/c1-6-2-4-7(5-3-6)8(9(10)11)15(12,13)14/h2-5,8H,1H3,(H,12,13,14). The summed E-state index contributed by atoms with van der Waals surface area (Å²) in [5, 5.41) is -2.83. The van der Waals surface area contributed by atoms with Crippen LogP contribution in [0.4, 0.5) is 0 Å². The van der Waals surface area contributed by atoms with E-state index in [1.165, 1.54) is 12.1 Å². The molecule has 0 saturated carbocycles. The van der Waals surface area contributed by atoms with Crippen molar-refractivity contribution in [2.75, 3.05) is 0 Å². The van der Waals surface area contributed by atoms with Gasteiger partial charge in [0.1, 0.15) is 0 Å². The van der Waals surface area contributed by atoms with Crippen molar-refractivity contribution in [2.45, 2.75) is 12.2 Å². The Hall–Kier alpha value is -0.910. The van der Waals surface area contributed by atoms with Crippen LogP contribution in [0.15, 0.2) is 24.3 Å². The molecule has 1 rings (SSSR count). The van der Waals surface area contributed by atoms with Gasteiger partial charge in [-0.05, 0) is 24.1 Å². The Morgan fingerprint density at radius 2 is 1.80 bits per heavy atom. The molecular formula is C9H9ClO4S. The first kappa shape index (κ1) is 12.2. The van der Waals surface area contributed by atoms with E-state index >= 15 is 0 Å². The number of benzene rings is 1. The summed E-state index contributed by atoms with van der Waals surface area (Å²) in [6.45, 7) is 1.81. The fourth-order valence-electron chi connectivity index (χ4n) is 1.16. The Morgan fingerprint density at radius 3 is 2.13 bits per heavy atom. The zero-order valence-electron chi connectivity index (χ0n) is 7.84. The van der Waals surface area contributed by atoms with Crippen LogP contribution in [-0.2, 0) is 14.9 Å². The number of rotatable bonds is 3. The van der Waals surface area contributed by atoms with Crippen LogP contribution < -0.4 is 0 Å². The van der Waals surface area contributed by atoms with E-state index in [2.05, 4.69) is 0 Å². The molecule has 0 bridgehead atoms. The third kappa shape index (κ3) is 3.02. The van der Waals surface area contributed by atoms with Gasteiger partial charge in [0.25, 0.3) is 10.1 Å². The predicted molar refractivity (Wildman–Crippen MR) is 56.3 cm³/mol. The largest absolute Gasteiger partial charge is 0.285 e. The molecule has 15 heavy (non-hydrogen) atoms. The van der Waals surface area contributed by atoms with E-state index in [1.807, 2.05) is 6.92 Å². The van der Waals surface area contributed by atoms with Crippen molar-refractivity contribution < 1.29 is 17.8 Å². The summed E-state index contributed by atoms with van der Waals surface area (Å²) >= 11 is 5.12. The summed E-state index contributed by atoms with van der Waals surface area (Å²) in [7, 11) is -4.51. The third-order valence-corrected chi connectivity index (χ3v) is 3.31. The van der Waals surface area contributed by atoms with Gasteiger partial charge < -0.3 is 0 Å². The van der Waals surface area contributed by atoms with Gasteiger partial charge in [-0.2, -0.15) is 8.42 Å². The Balaban J connectivity index is 3.23. The van der Waals surface area contributed by atoms with Crippen molar-refractivity contribution in [2.24, 2.45) is 0 Å². The maximum Gasteiger partial charge on any atom is 0.280 e. The third-order valence-electron chi connectivity index (χ3n) is 1.88. The van der Waals surface area contributed by atoms with E-state index in [9.17, 15) is 13.2 Å². The van der Waals surface area contributed by atoms with E-state index in [0.29, 0.717) is 0 Å². The highest BCUT2D eigenvalue weighted by atomic mass is 35.5. The van der Waals surface area contributed by atoms with Gasteiger partial charge in [-0.15, -0.1) is 0 Å². The monoisotopic (exact) mass is 248 g/mol. The molecule has 1 atom stereocenters. The van der Waals surface area contributed by atoms with Crippen LogP contribution in [0, 0.1) is 6.92 Å². The summed E-state index contributed by atoms with van der Waals surface area (Å²) in [6.07, 6.45) is 0. The normalized spacial score (nSPS) is 13.5. The second kappa shape index (κ2) is 4.30. The van der Waals surface area contributed by atoms with E-state index < -0.39 is 20.6 Å². The molecule has 0 amide bonds. The summed E-state index contributed by atoms with van der Waals surface area (Å²) < 4.78 is 30.7. The highest BCUT2D eigenvalue weighted by Gasteiger charge is 2.31. The molecule has 6 heteroatoms. The minimum absolute atomic E-state index is 0.156. The summed E-state index contributed by atoms with van der Waals surface area (Å²) in [4.78, 5) is 10.9. The Kier molecular flexibility index (Phi) is 3.49. The molecule has 0 fully saturated rings. The SMILES string of the molecule is Cc1ccc(C(C(=O)Cl)S(=O)(=O)O)cc1. The molecule has 0 heterocycles. The molecule has 1 unspecified atom stereocenters. The Morgan fingerprint density at radius 1 is 1.33 bits per heavy atom. The fraction of sp³-hybridized carbons (Fsp3) is 0.222. The van der Waals surface area contributed by atoms with Crippen molar-refractivity contribution in [3.8, 4) is 0 Å². The van der Waals surface area contributed by atoms with E-state index in [1.54, 1.807) is 12.1 Å². The zero-order valence-corrected chi connectivity index (χ0v) is 9.42.